The fourth-order valence-electron chi connectivity index (χ4n) is 2.15. The Morgan fingerprint density at radius 3 is 2.83 bits per heavy atom. The average molecular weight is 376 g/mol. The molecule has 0 bridgehead atoms. The van der Waals surface area contributed by atoms with E-state index in [1.165, 1.54) is 10.8 Å². The van der Waals surface area contributed by atoms with Gasteiger partial charge in [0.15, 0.2) is 17.1 Å². The maximum absolute atomic E-state index is 12.3. The van der Waals surface area contributed by atoms with Gasteiger partial charge in [0, 0.05) is 6.07 Å². The van der Waals surface area contributed by atoms with E-state index in [1.54, 1.807) is 13.0 Å². The van der Waals surface area contributed by atoms with Crippen molar-refractivity contribution in [1.82, 2.24) is 14.6 Å². The van der Waals surface area contributed by atoms with Gasteiger partial charge in [0.05, 0.1) is 11.1 Å². The van der Waals surface area contributed by atoms with Crippen LogP contribution in [0.15, 0.2) is 47.2 Å². The number of aromatic nitrogens is 3. The molecule has 0 unspecified atom stereocenters. The van der Waals surface area contributed by atoms with Crippen molar-refractivity contribution in [3.8, 4) is 5.75 Å². The average Bonchev–Trinajstić information content (AvgIpc) is 3.04. The van der Waals surface area contributed by atoms with Crippen molar-refractivity contribution in [1.29, 1.82) is 0 Å². The first kappa shape index (κ1) is 15.5. The zero-order chi connectivity index (χ0) is 16.2. The summed E-state index contributed by atoms with van der Waals surface area (Å²) in [6.45, 7) is 2.35. The Morgan fingerprint density at radius 2 is 2.09 bits per heavy atom. The van der Waals surface area contributed by atoms with Gasteiger partial charge < -0.3 is 9.47 Å². The Labute approximate surface area is 141 Å². The number of hydrogen-bond donors (Lipinski definition) is 0. The molecule has 0 N–H and O–H groups in total. The molecule has 7 heteroatoms. The van der Waals surface area contributed by atoms with Crippen LogP contribution in [0.5, 0.6) is 5.75 Å². The van der Waals surface area contributed by atoms with E-state index in [0.717, 1.165) is 5.56 Å². The van der Waals surface area contributed by atoms with Crippen molar-refractivity contribution < 1.29 is 14.3 Å². The molecule has 6 nitrogen and oxygen atoms in total. The first-order valence-electron chi connectivity index (χ1n) is 7.06. The van der Waals surface area contributed by atoms with E-state index in [2.05, 4.69) is 26.0 Å². The van der Waals surface area contributed by atoms with Crippen LogP contribution in [0.4, 0.5) is 0 Å². The number of benzene rings is 1. The van der Waals surface area contributed by atoms with Gasteiger partial charge in [-0.25, -0.2) is 14.3 Å². The zero-order valence-electron chi connectivity index (χ0n) is 12.4. The number of fused-ring (bicyclic) bond motifs is 1. The summed E-state index contributed by atoms with van der Waals surface area (Å²) in [6, 6.07) is 11.4. The highest BCUT2D eigenvalue weighted by molar-refractivity contribution is 9.10. The normalized spacial score (nSPS) is 10.7. The Morgan fingerprint density at radius 1 is 1.30 bits per heavy atom. The molecule has 0 aliphatic rings. The molecule has 0 aliphatic heterocycles. The van der Waals surface area contributed by atoms with Gasteiger partial charge in [-0.05, 0) is 28.4 Å². The second kappa shape index (κ2) is 6.78. The number of pyridine rings is 1. The van der Waals surface area contributed by atoms with Crippen LogP contribution in [0.1, 0.15) is 23.0 Å². The summed E-state index contributed by atoms with van der Waals surface area (Å²) in [5.41, 5.74) is 1.75. The van der Waals surface area contributed by atoms with E-state index in [4.69, 9.17) is 9.47 Å². The summed E-state index contributed by atoms with van der Waals surface area (Å²) in [6.07, 6.45) is 1.38. The van der Waals surface area contributed by atoms with Crippen molar-refractivity contribution in [2.45, 2.75) is 13.5 Å². The predicted octanol–water partition coefficient (Wildman–Crippen LogP) is 3.25. The topological polar surface area (TPSA) is 65.7 Å². The molecule has 0 amide bonds. The number of carbonyl (C=O) groups is 1. The third kappa shape index (κ3) is 3.19. The molecule has 0 atom stereocenters. The molecule has 1 aromatic carbocycles. The van der Waals surface area contributed by atoms with E-state index in [0.29, 0.717) is 22.5 Å². The van der Waals surface area contributed by atoms with E-state index in [-0.39, 0.29) is 12.3 Å². The number of rotatable bonds is 5. The summed E-state index contributed by atoms with van der Waals surface area (Å²) in [4.78, 5) is 16.4. The quantitative estimate of drug-likeness (QED) is 0.640. The summed E-state index contributed by atoms with van der Waals surface area (Å²) >= 11 is 3.42. The van der Waals surface area contributed by atoms with Crippen molar-refractivity contribution in [3.05, 3.63) is 58.5 Å². The lowest BCUT2D eigenvalue weighted by Gasteiger charge is -2.13. The minimum Gasteiger partial charge on any atom is -0.486 e. The molecule has 0 saturated heterocycles. The van der Waals surface area contributed by atoms with Gasteiger partial charge in [0.2, 0.25) is 0 Å². The highest BCUT2D eigenvalue weighted by Gasteiger charge is 2.22. The van der Waals surface area contributed by atoms with Crippen LogP contribution in [-0.4, -0.2) is 27.2 Å². The molecular formula is C16H14BrN3O3. The molecular weight excluding hydrogens is 362 g/mol. The molecule has 2 aromatic heterocycles. The molecule has 0 spiro atoms. The van der Waals surface area contributed by atoms with Gasteiger partial charge in [-0.3, -0.25) is 0 Å². The van der Waals surface area contributed by atoms with Gasteiger partial charge in [0.25, 0.3) is 0 Å². The lowest BCUT2D eigenvalue weighted by Crippen LogP contribution is -2.14. The van der Waals surface area contributed by atoms with Crippen molar-refractivity contribution in [3.63, 3.8) is 0 Å². The largest absolute Gasteiger partial charge is 0.486 e. The van der Waals surface area contributed by atoms with Crippen molar-refractivity contribution in [2.24, 2.45) is 0 Å². The molecule has 0 fully saturated rings. The first-order chi connectivity index (χ1) is 11.2. The lowest BCUT2D eigenvalue weighted by molar-refractivity contribution is 0.0510. The standard InChI is InChI=1S/C16H14BrN3O3/c1-2-22-16(21)14-13(23-9-11-6-4-3-5-7-11)8-12(17)15-18-10-19-20(14)15/h3-8,10H,2,9H2,1H3. The predicted molar refractivity (Wildman–Crippen MR) is 87.4 cm³/mol. The maximum atomic E-state index is 12.3. The molecule has 23 heavy (non-hydrogen) atoms. The molecule has 3 rings (SSSR count). The molecule has 118 valence electrons. The Balaban J connectivity index is 2.00. The second-order valence-electron chi connectivity index (χ2n) is 4.70. The zero-order valence-corrected chi connectivity index (χ0v) is 14.0. The van der Waals surface area contributed by atoms with E-state index in [9.17, 15) is 4.79 Å². The number of nitrogens with zero attached hydrogens (tertiary/aromatic N) is 3. The number of esters is 1. The van der Waals surface area contributed by atoms with E-state index < -0.39 is 5.97 Å². The summed E-state index contributed by atoms with van der Waals surface area (Å²) in [5, 5.41) is 4.09. The number of hydrogen-bond acceptors (Lipinski definition) is 5. The lowest BCUT2D eigenvalue weighted by atomic mass is 10.2. The highest BCUT2D eigenvalue weighted by atomic mass is 79.9. The van der Waals surface area contributed by atoms with Crippen LogP contribution in [0.3, 0.4) is 0 Å². The second-order valence-corrected chi connectivity index (χ2v) is 5.55. The maximum Gasteiger partial charge on any atom is 0.360 e. The Kier molecular flexibility index (Phi) is 4.57. The van der Waals surface area contributed by atoms with Crippen LogP contribution < -0.4 is 4.74 Å². The highest BCUT2D eigenvalue weighted by Crippen LogP contribution is 2.28. The molecule has 0 saturated carbocycles. The van der Waals surface area contributed by atoms with Gasteiger partial charge in [-0.1, -0.05) is 30.3 Å². The van der Waals surface area contributed by atoms with Crippen LogP contribution in [0.2, 0.25) is 0 Å². The third-order valence-corrected chi connectivity index (χ3v) is 3.75. The number of halogens is 1. The number of ether oxygens (including phenoxy) is 2. The Bertz CT molecular complexity index is 833. The van der Waals surface area contributed by atoms with Gasteiger partial charge in [-0.15, -0.1) is 0 Å². The van der Waals surface area contributed by atoms with E-state index >= 15 is 0 Å². The summed E-state index contributed by atoms with van der Waals surface area (Å²) < 4.78 is 13.0. The van der Waals surface area contributed by atoms with Gasteiger partial charge in [-0.2, -0.15) is 5.10 Å². The van der Waals surface area contributed by atoms with Crippen LogP contribution >= 0.6 is 15.9 Å². The SMILES string of the molecule is CCOC(=O)c1c(OCc2ccccc2)cc(Br)c2ncnn12. The minimum absolute atomic E-state index is 0.221. The van der Waals surface area contributed by atoms with Crippen molar-refractivity contribution >= 4 is 27.5 Å². The fraction of sp³-hybridized carbons (Fsp3) is 0.188. The Hall–Kier alpha value is -2.41. The summed E-state index contributed by atoms with van der Waals surface area (Å²) in [5.74, 6) is -0.115. The molecule has 2 heterocycles. The van der Waals surface area contributed by atoms with Gasteiger partial charge >= 0.3 is 5.97 Å². The van der Waals surface area contributed by atoms with E-state index in [1.807, 2.05) is 30.3 Å². The van der Waals surface area contributed by atoms with Crippen LogP contribution in [-0.2, 0) is 11.3 Å². The van der Waals surface area contributed by atoms with Crippen LogP contribution in [0, 0.1) is 0 Å². The third-order valence-electron chi connectivity index (χ3n) is 3.17. The molecule has 3 aromatic rings. The minimum atomic E-state index is -0.501. The fourth-order valence-corrected chi connectivity index (χ4v) is 2.63. The number of carbonyl (C=O) groups excluding carboxylic acids is 1. The van der Waals surface area contributed by atoms with Crippen molar-refractivity contribution in [2.75, 3.05) is 6.61 Å². The van der Waals surface area contributed by atoms with Gasteiger partial charge in [0.1, 0.15) is 12.9 Å². The molecule has 0 radical (unpaired) electrons. The monoisotopic (exact) mass is 375 g/mol. The molecule has 0 aliphatic carbocycles. The summed E-state index contributed by atoms with van der Waals surface area (Å²) in [7, 11) is 0. The van der Waals surface area contributed by atoms with Crippen LogP contribution in [0.25, 0.3) is 5.65 Å². The smallest absolute Gasteiger partial charge is 0.360 e. The first-order valence-corrected chi connectivity index (χ1v) is 7.86.